The number of fused-ring (bicyclic) bond motifs is 1. The zero-order valence-electron chi connectivity index (χ0n) is 19.3. The number of pyridine rings is 1. The Morgan fingerprint density at radius 3 is 2.80 bits per heavy atom. The first-order chi connectivity index (χ1) is 17.2. The second-order valence-electron chi connectivity index (χ2n) is 8.56. The van der Waals surface area contributed by atoms with E-state index >= 15 is 0 Å². The number of carboxylic acids is 1. The summed E-state index contributed by atoms with van der Waals surface area (Å²) in [6, 6.07) is 18.1. The Hall–Kier alpha value is -4.19. The molecule has 0 radical (unpaired) electrons. The average molecular weight is 467 g/mol. The molecule has 0 saturated carbocycles. The highest BCUT2D eigenvalue weighted by Crippen LogP contribution is 2.36. The summed E-state index contributed by atoms with van der Waals surface area (Å²) in [5, 5.41) is 8.95. The zero-order valence-corrected chi connectivity index (χ0v) is 19.3. The molecule has 0 fully saturated rings. The van der Waals surface area contributed by atoms with Crippen LogP contribution in [0, 0.1) is 0 Å². The van der Waals surface area contributed by atoms with Crippen LogP contribution in [0.3, 0.4) is 0 Å². The second-order valence-corrected chi connectivity index (χ2v) is 8.56. The summed E-state index contributed by atoms with van der Waals surface area (Å²) in [6.07, 6.45) is 11.7. The van der Waals surface area contributed by atoms with E-state index < -0.39 is 5.97 Å². The Morgan fingerprint density at radius 1 is 1.06 bits per heavy atom. The smallest absolute Gasteiger partial charge is 0.341 e. The number of hydrogen-bond donors (Lipinski definition) is 1. The van der Waals surface area contributed by atoms with Gasteiger partial charge in [0.25, 0.3) is 0 Å². The summed E-state index contributed by atoms with van der Waals surface area (Å²) in [6.45, 7) is -0.332. The minimum Gasteiger partial charge on any atom is -0.482 e. The van der Waals surface area contributed by atoms with Crippen LogP contribution in [0.15, 0.2) is 83.7 Å². The molecular formula is C29H26N2O4. The molecule has 0 spiro atoms. The van der Waals surface area contributed by atoms with Gasteiger partial charge in [-0.3, -0.25) is 4.98 Å². The van der Waals surface area contributed by atoms with Gasteiger partial charge >= 0.3 is 5.97 Å². The Labute approximate surface area is 203 Å². The van der Waals surface area contributed by atoms with Gasteiger partial charge in [0, 0.05) is 36.4 Å². The summed E-state index contributed by atoms with van der Waals surface area (Å²) >= 11 is 0. The molecule has 1 N–H and O–H groups in total. The van der Waals surface area contributed by atoms with Gasteiger partial charge in [0.05, 0.1) is 5.69 Å². The van der Waals surface area contributed by atoms with Crippen molar-refractivity contribution in [2.45, 2.75) is 32.1 Å². The summed E-state index contributed by atoms with van der Waals surface area (Å²) in [5.74, 6) is 0.369. The molecule has 35 heavy (non-hydrogen) atoms. The summed E-state index contributed by atoms with van der Waals surface area (Å²) in [5.41, 5.74) is 7.68. The maximum atomic E-state index is 10.9. The van der Waals surface area contributed by atoms with Crippen LogP contribution in [-0.2, 0) is 24.1 Å². The molecule has 0 saturated heterocycles. The van der Waals surface area contributed by atoms with Crippen LogP contribution < -0.4 is 4.74 Å². The van der Waals surface area contributed by atoms with Gasteiger partial charge in [0.2, 0.25) is 0 Å². The van der Waals surface area contributed by atoms with Crippen LogP contribution in [0.25, 0.3) is 16.7 Å². The molecule has 5 rings (SSSR count). The molecule has 6 nitrogen and oxygen atoms in total. The molecule has 1 aliphatic rings. The number of rotatable bonds is 8. The number of hydrogen-bond acceptors (Lipinski definition) is 5. The fourth-order valence-corrected chi connectivity index (χ4v) is 4.59. The van der Waals surface area contributed by atoms with Crippen LogP contribution in [0.4, 0.5) is 0 Å². The van der Waals surface area contributed by atoms with Crippen LogP contribution in [0.5, 0.6) is 5.75 Å². The fraction of sp³-hybridized carbons (Fsp3) is 0.207. The monoisotopic (exact) mass is 466 g/mol. The first-order valence-corrected chi connectivity index (χ1v) is 11.7. The predicted molar refractivity (Wildman–Crippen MR) is 133 cm³/mol. The first-order valence-electron chi connectivity index (χ1n) is 11.7. The molecule has 2 aromatic carbocycles. The Morgan fingerprint density at radius 2 is 1.94 bits per heavy atom. The molecule has 0 bridgehead atoms. The van der Waals surface area contributed by atoms with E-state index in [0.29, 0.717) is 24.5 Å². The van der Waals surface area contributed by atoms with E-state index in [9.17, 15) is 4.79 Å². The Bertz CT molecular complexity index is 1360. The topological polar surface area (TPSA) is 85.5 Å². The molecule has 2 aromatic heterocycles. The van der Waals surface area contributed by atoms with Crippen molar-refractivity contribution in [3.8, 4) is 16.9 Å². The number of ether oxygens (including phenoxy) is 1. The van der Waals surface area contributed by atoms with Gasteiger partial charge in [-0.2, -0.15) is 0 Å². The number of allylic oxidation sites excluding steroid dienone is 2. The molecule has 0 atom stereocenters. The van der Waals surface area contributed by atoms with Gasteiger partial charge in [0.15, 0.2) is 12.5 Å². The number of nitrogens with zero attached hydrogens (tertiary/aromatic N) is 2. The van der Waals surface area contributed by atoms with Crippen molar-refractivity contribution >= 4 is 11.5 Å². The number of aromatic nitrogens is 2. The number of benzene rings is 2. The highest BCUT2D eigenvalue weighted by Gasteiger charge is 2.18. The maximum absolute atomic E-state index is 10.9. The Kier molecular flexibility index (Phi) is 6.70. The lowest BCUT2D eigenvalue weighted by Crippen LogP contribution is -2.12. The van der Waals surface area contributed by atoms with E-state index in [-0.39, 0.29) is 6.61 Å². The molecule has 4 aromatic rings. The minimum atomic E-state index is -0.973. The van der Waals surface area contributed by atoms with Gasteiger partial charge < -0.3 is 14.3 Å². The Balaban J connectivity index is 1.31. The van der Waals surface area contributed by atoms with E-state index in [4.69, 9.17) is 19.2 Å². The van der Waals surface area contributed by atoms with Gasteiger partial charge in [-0.05, 0) is 53.7 Å². The molecule has 1 aliphatic carbocycles. The lowest BCUT2D eigenvalue weighted by molar-refractivity contribution is -0.139. The second kappa shape index (κ2) is 10.4. The lowest BCUT2D eigenvalue weighted by atomic mass is 9.86. The number of carbonyl (C=O) groups is 1. The van der Waals surface area contributed by atoms with Gasteiger partial charge in [-0.15, -0.1) is 0 Å². The largest absolute Gasteiger partial charge is 0.482 e. The van der Waals surface area contributed by atoms with E-state index in [1.807, 2.05) is 36.5 Å². The van der Waals surface area contributed by atoms with Crippen LogP contribution >= 0.6 is 0 Å². The number of aliphatic carboxylic acids is 1. The zero-order chi connectivity index (χ0) is 24.0. The normalized spacial score (nSPS) is 14.0. The summed E-state index contributed by atoms with van der Waals surface area (Å²) in [7, 11) is 0. The first kappa shape index (κ1) is 22.6. The van der Waals surface area contributed by atoms with E-state index in [2.05, 4.69) is 35.3 Å². The standard InChI is InChI=1S/C29H26N2O4/c32-29(33)19-34-27-12-4-10-25-20(7-3-11-26(25)27)13-14-23-18-35-28(31-23)16-21-6-1-2-9-24(21)22-8-5-15-30-17-22/h1-2,4-6,8-10,12-13,15,17-18H,3,7,11,14,16,19H2,(H,32,33). The third-order valence-corrected chi connectivity index (χ3v) is 6.19. The summed E-state index contributed by atoms with van der Waals surface area (Å²) in [4.78, 5) is 19.9. The molecule has 0 amide bonds. The van der Waals surface area contributed by atoms with Crippen molar-refractivity contribution in [1.29, 1.82) is 0 Å². The van der Waals surface area contributed by atoms with Gasteiger partial charge in [-0.1, -0.05) is 48.5 Å². The molecule has 0 unspecified atom stereocenters. The fourth-order valence-electron chi connectivity index (χ4n) is 4.59. The van der Waals surface area contributed by atoms with Gasteiger partial charge in [-0.25, -0.2) is 9.78 Å². The quantitative estimate of drug-likeness (QED) is 0.356. The minimum absolute atomic E-state index is 0.332. The number of carboxylic acid groups (broad SMARTS) is 1. The predicted octanol–water partition coefficient (Wildman–Crippen LogP) is 5.75. The van der Waals surface area contributed by atoms with Crippen molar-refractivity contribution in [2.75, 3.05) is 6.61 Å². The highest BCUT2D eigenvalue weighted by atomic mass is 16.5. The average Bonchev–Trinajstić information content (AvgIpc) is 3.34. The van der Waals surface area contributed by atoms with E-state index in [1.54, 1.807) is 12.5 Å². The van der Waals surface area contributed by atoms with Crippen molar-refractivity contribution in [3.63, 3.8) is 0 Å². The maximum Gasteiger partial charge on any atom is 0.341 e. The lowest BCUT2D eigenvalue weighted by Gasteiger charge is -2.21. The molecule has 6 heteroatoms. The van der Waals surface area contributed by atoms with E-state index in [0.717, 1.165) is 52.8 Å². The molecule has 2 heterocycles. The third-order valence-electron chi connectivity index (χ3n) is 6.19. The van der Waals surface area contributed by atoms with Crippen LogP contribution in [0.2, 0.25) is 0 Å². The van der Waals surface area contributed by atoms with E-state index in [1.165, 1.54) is 5.57 Å². The molecular weight excluding hydrogens is 440 g/mol. The van der Waals surface area contributed by atoms with Gasteiger partial charge in [0.1, 0.15) is 12.0 Å². The van der Waals surface area contributed by atoms with Crippen molar-refractivity contribution < 1.29 is 19.1 Å². The van der Waals surface area contributed by atoms with Crippen molar-refractivity contribution in [2.24, 2.45) is 0 Å². The number of oxazole rings is 1. The van der Waals surface area contributed by atoms with Crippen LogP contribution in [0.1, 0.15) is 41.1 Å². The van der Waals surface area contributed by atoms with Crippen molar-refractivity contribution in [3.05, 3.63) is 108 Å². The SMILES string of the molecule is O=C(O)COc1cccc2c1CCCC2=CCc1coc(Cc2ccccc2-c2cccnc2)n1. The highest BCUT2D eigenvalue weighted by molar-refractivity contribution is 5.73. The third kappa shape index (κ3) is 5.32. The molecule has 176 valence electrons. The van der Waals surface area contributed by atoms with Crippen molar-refractivity contribution in [1.82, 2.24) is 9.97 Å². The van der Waals surface area contributed by atoms with Crippen LogP contribution in [-0.4, -0.2) is 27.7 Å². The summed E-state index contributed by atoms with van der Waals surface area (Å²) < 4.78 is 11.3. The molecule has 0 aliphatic heterocycles.